The van der Waals surface area contributed by atoms with Gasteiger partial charge >= 0.3 is 0 Å². The number of hydrogen-bond donors (Lipinski definition) is 2. The van der Waals surface area contributed by atoms with E-state index in [0.717, 1.165) is 11.0 Å². The van der Waals surface area contributed by atoms with Crippen molar-refractivity contribution >= 4 is 11.6 Å². The normalized spacial score (nSPS) is 18.3. The van der Waals surface area contributed by atoms with Crippen LogP contribution in [0.3, 0.4) is 0 Å². The summed E-state index contributed by atoms with van der Waals surface area (Å²) in [4.78, 5) is 6.43. The van der Waals surface area contributed by atoms with Crippen LogP contribution in [0.4, 0.5) is 0 Å². The third-order valence-electron chi connectivity index (χ3n) is 2.16. The maximum absolute atomic E-state index is 3.22. The lowest BCUT2D eigenvalue weighted by atomic mass is 10.0. The second-order valence-electron chi connectivity index (χ2n) is 2.96. The molecule has 0 amide bonds. The van der Waals surface area contributed by atoms with Gasteiger partial charge in [0.25, 0.3) is 0 Å². The topological polar surface area (TPSA) is 31.6 Å². The van der Waals surface area contributed by atoms with Crippen LogP contribution in [-0.4, -0.2) is 9.97 Å². The average molecular weight is 156 g/mol. The van der Waals surface area contributed by atoms with E-state index in [1.807, 2.05) is 12.2 Å². The minimum Gasteiger partial charge on any atom is -0.327 e. The van der Waals surface area contributed by atoms with Gasteiger partial charge in [-0.05, 0) is 11.6 Å². The zero-order chi connectivity index (χ0) is 7.97. The number of aromatic nitrogens is 2. The zero-order valence-corrected chi connectivity index (χ0v) is 6.46. The van der Waals surface area contributed by atoms with Crippen LogP contribution in [0.15, 0.2) is 36.0 Å². The SMILES string of the molecule is C1=CC=C2C=c3[nH]c([nH]3)=C2C=C1. The van der Waals surface area contributed by atoms with Crippen LogP contribution in [-0.2, 0) is 0 Å². The van der Waals surface area contributed by atoms with E-state index in [0.29, 0.717) is 0 Å². The molecule has 4 rings (SSSR count). The van der Waals surface area contributed by atoms with Crippen LogP contribution < -0.4 is 11.0 Å². The molecule has 0 unspecified atom stereocenters. The van der Waals surface area contributed by atoms with Crippen LogP contribution >= 0.6 is 0 Å². The monoisotopic (exact) mass is 156 g/mol. The number of nitrogens with one attached hydrogen (secondary N) is 2. The van der Waals surface area contributed by atoms with Gasteiger partial charge in [0.2, 0.25) is 0 Å². The number of hydrogen-bond acceptors (Lipinski definition) is 0. The fourth-order valence-corrected chi connectivity index (χ4v) is 1.55. The summed E-state index contributed by atoms with van der Waals surface area (Å²) in [7, 11) is 0. The van der Waals surface area contributed by atoms with Crippen molar-refractivity contribution in [3.05, 3.63) is 46.9 Å². The largest absolute Gasteiger partial charge is 0.327 e. The van der Waals surface area contributed by atoms with E-state index >= 15 is 0 Å². The molecule has 0 radical (unpaired) electrons. The molecule has 12 heavy (non-hydrogen) atoms. The third kappa shape index (κ3) is 0.639. The first-order chi connectivity index (χ1) is 5.93. The van der Waals surface area contributed by atoms with E-state index in [1.165, 1.54) is 11.1 Å². The predicted molar refractivity (Wildman–Crippen MR) is 48.6 cm³/mol. The quantitative estimate of drug-likeness (QED) is 0.543. The van der Waals surface area contributed by atoms with E-state index in [9.17, 15) is 0 Å². The summed E-state index contributed by atoms with van der Waals surface area (Å²) in [5, 5.41) is 0. The third-order valence-corrected chi connectivity index (χ3v) is 2.16. The van der Waals surface area contributed by atoms with Gasteiger partial charge in [-0.25, -0.2) is 0 Å². The molecule has 0 saturated carbocycles. The van der Waals surface area contributed by atoms with Crippen molar-refractivity contribution in [1.29, 1.82) is 0 Å². The fourth-order valence-electron chi connectivity index (χ4n) is 1.55. The van der Waals surface area contributed by atoms with Crippen molar-refractivity contribution < 1.29 is 0 Å². The summed E-state index contributed by atoms with van der Waals surface area (Å²) < 4.78 is 0. The molecule has 2 N–H and O–H groups in total. The molecule has 3 heterocycles. The highest BCUT2D eigenvalue weighted by Gasteiger charge is 2.08. The van der Waals surface area contributed by atoms with E-state index in [4.69, 9.17) is 0 Å². The van der Waals surface area contributed by atoms with Gasteiger partial charge in [0, 0.05) is 5.57 Å². The van der Waals surface area contributed by atoms with Gasteiger partial charge in [-0.1, -0.05) is 30.4 Å². The van der Waals surface area contributed by atoms with Gasteiger partial charge in [-0.3, -0.25) is 0 Å². The van der Waals surface area contributed by atoms with E-state index in [-0.39, 0.29) is 0 Å². The summed E-state index contributed by atoms with van der Waals surface area (Å²) in [5.41, 5.74) is 4.75. The minimum atomic E-state index is 1.10. The second kappa shape index (κ2) is 1.91. The zero-order valence-electron chi connectivity index (χ0n) is 6.46. The first-order valence-corrected chi connectivity index (χ1v) is 3.99. The molecule has 0 atom stereocenters. The Labute approximate surface area is 69.3 Å². The first kappa shape index (κ1) is 5.89. The van der Waals surface area contributed by atoms with Crippen LogP contribution in [0, 0.1) is 0 Å². The second-order valence-corrected chi connectivity index (χ2v) is 2.96. The Balaban J connectivity index is 2.39. The summed E-state index contributed by atoms with van der Waals surface area (Å²) in [6.45, 7) is 0. The molecule has 2 heteroatoms. The first-order valence-electron chi connectivity index (χ1n) is 3.99. The summed E-state index contributed by atoms with van der Waals surface area (Å²) in [6.07, 6.45) is 12.5. The number of H-pyrrole nitrogens is 2. The number of rotatable bonds is 0. The van der Waals surface area contributed by atoms with Crippen molar-refractivity contribution in [2.45, 2.75) is 0 Å². The molecule has 2 nitrogen and oxygen atoms in total. The standard InChI is InChI=1S/C10H8N2/c1-2-4-7-6-9-11-10(12-9)8(7)5-3-1/h1-6,11-12H. The average Bonchev–Trinajstić information content (AvgIpc) is 2.25. The lowest BCUT2D eigenvalue weighted by Crippen LogP contribution is -2.41. The highest BCUT2D eigenvalue weighted by molar-refractivity contribution is 5.85. The molecule has 1 aliphatic carbocycles. The van der Waals surface area contributed by atoms with Crippen LogP contribution in [0.5, 0.6) is 0 Å². The van der Waals surface area contributed by atoms with Gasteiger partial charge in [0.15, 0.2) is 0 Å². The molecule has 2 bridgehead atoms. The lowest BCUT2D eigenvalue weighted by Gasteiger charge is -2.11. The predicted octanol–water partition coefficient (Wildman–Crippen LogP) is 0.340. The minimum absolute atomic E-state index is 1.10. The lowest BCUT2D eigenvalue weighted by molar-refractivity contribution is 0.892. The summed E-state index contributed by atoms with van der Waals surface area (Å²) in [5.74, 6) is 0. The fraction of sp³-hybridized carbons (Fsp3) is 0. The highest BCUT2D eigenvalue weighted by Crippen LogP contribution is 2.16. The molecule has 1 aromatic heterocycles. The number of aromatic amines is 2. The Hall–Kier alpha value is -1.70. The Morgan fingerprint density at radius 3 is 2.83 bits per heavy atom. The van der Waals surface area contributed by atoms with Crippen molar-refractivity contribution in [2.24, 2.45) is 0 Å². The molecule has 0 aromatic carbocycles. The molecule has 1 aromatic rings. The van der Waals surface area contributed by atoms with Crippen molar-refractivity contribution in [3.63, 3.8) is 0 Å². The van der Waals surface area contributed by atoms with E-state index in [1.54, 1.807) is 0 Å². The van der Waals surface area contributed by atoms with Gasteiger partial charge in [-0.2, -0.15) is 0 Å². The molecule has 0 fully saturated rings. The molecule has 0 saturated heterocycles. The van der Waals surface area contributed by atoms with Crippen LogP contribution in [0.25, 0.3) is 11.6 Å². The Kier molecular flexibility index (Phi) is 0.939. The number of allylic oxidation sites excluding steroid dienone is 6. The van der Waals surface area contributed by atoms with Gasteiger partial charge < -0.3 is 9.97 Å². The van der Waals surface area contributed by atoms with E-state index in [2.05, 4.69) is 34.3 Å². The van der Waals surface area contributed by atoms with Crippen molar-refractivity contribution in [2.75, 3.05) is 0 Å². The molecule has 3 aliphatic rings. The summed E-state index contributed by atoms with van der Waals surface area (Å²) in [6, 6.07) is 0. The van der Waals surface area contributed by atoms with Gasteiger partial charge in [-0.15, -0.1) is 0 Å². The highest BCUT2D eigenvalue weighted by atomic mass is 15.0. The van der Waals surface area contributed by atoms with Crippen molar-refractivity contribution in [1.82, 2.24) is 9.97 Å². The van der Waals surface area contributed by atoms with Gasteiger partial charge in [0.05, 0.1) is 0 Å². The van der Waals surface area contributed by atoms with E-state index < -0.39 is 0 Å². The Morgan fingerprint density at radius 1 is 1.00 bits per heavy atom. The van der Waals surface area contributed by atoms with Crippen LogP contribution in [0.2, 0.25) is 0 Å². The molecular formula is C10H8N2. The van der Waals surface area contributed by atoms with Gasteiger partial charge in [0.1, 0.15) is 11.0 Å². The molecule has 0 spiro atoms. The summed E-state index contributed by atoms with van der Waals surface area (Å²) >= 11 is 0. The molecule has 2 aliphatic heterocycles. The maximum atomic E-state index is 3.22. The van der Waals surface area contributed by atoms with Crippen molar-refractivity contribution in [3.8, 4) is 0 Å². The Bertz CT molecular complexity index is 500. The Morgan fingerprint density at radius 2 is 1.92 bits per heavy atom. The smallest absolute Gasteiger partial charge is 0.118 e. The molecule has 58 valence electrons. The maximum Gasteiger partial charge on any atom is 0.118 e. The van der Waals surface area contributed by atoms with Crippen LogP contribution in [0.1, 0.15) is 0 Å². The molecular weight excluding hydrogens is 148 g/mol.